The molecule has 0 N–H and O–H groups in total. The Labute approximate surface area is 62.8 Å². The summed E-state index contributed by atoms with van der Waals surface area (Å²) in [6.07, 6.45) is 2.51. The van der Waals surface area contributed by atoms with Crippen molar-refractivity contribution >= 4 is 11.8 Å². The SMILES string of the molecule is COC(=O)C(=O)c1ccoc1. The number of hydrogen-bond acceptors (Lipinski definition) is 4. The molecule has 0 atom stereocenters. The topological polar surface area (TPSA) is 56.5 Å². The minimum Gasteiger partial charge on any atom is -0.472 e. The van der Waals surface area contributed by atoms with Crippen molar-refractivity contribution < 1.29 is 18.7 Å². The third-order valence-corrected chi connectivity index (χ3v) is 1.15. The number of furan rings is 1. The number of carbonyl (C=O) groups is 2. The van der Waals surface area contributed by atoms with Gasteiger partial charge in [0.15, 0.2) is 0 Å². The van der Waals surface area contributed by atoms with Gasteiger partial charge in [-0.05, 0) is 6.07 Å². The Balaban J connectivity index is 2.79. The Morgan fingerprint density at radius 1 is 1.55 bits per heavy atom. The van der Waals surface area contributed by atoms with E-state index in [0.717, 1.165) is 7.11 Å². The van der Waals surface area contributed by atoms with E-state index < -0.39 is 11.8 Å². The van der Waals surface area contributed by atoms with E-state index in [0.29, 0.717) is 0 Å². The number of methoxy groups -OCH3 is 1. The number of hydrogen-bond donors (Lipinski definition) is 0. The van der Waals surface area contributed by atoms with Gasteiger partial charge in [0.2, 0.25) is 0 Å². The lowest BCUT2D eigenvalue weighted by Gasteiger charge is -1.92. The Bertz CT molecular complexity index is 260. The van der Waals surface area contributed by atoms with Crippen LogP contribution in [0, 0.1) is 0 Å². The van der Waals surface area contributed by atoms with Crippen LogP contribution in [0.1, 0.15) is 10.4 Å². The van der Waals surface area contributed by atoms with Gasteiger partial charge in [-0.25, -0.2) is 4.79 Å². The first-order chi connectivity index (χ1) is 5.25. The van der Waals surface area contributed by atoms with Crippen molar-refractivity contribution in [2.24, 2.45) is 0 Å². The summed E-state index contributed by atoms with van der Waals surface area (Å²) in [5.41, 5.74) is 0.205. The van der Waals surface area contributed by atoms with Gasteiger partial charge >= 0.3 is 5.97 Å². The molecule has 0 aromatic carbocycles. The van der Waals surface area contributed by atoms with E-state index in [1.54, 1.807) is 0 Å². The summed E-state index contributed by atoms with van der Waals surface area (Å²) in [4.78, 5) is 21.5. The molecule has 58 valence electrons. The molecular weight excluding hydrogens is 148 g/mol. The van der Waals surface area contributed by atoms with Gasteiger partial charge in [-0.15, -0.1) is 0 Å². The van der Waals surface area contributed by atoms with Crippen molar-refractivity contribution in [2.75, 3.05) is 7.11 Å². The fraction of sp³-hybridized carbons (Fsp3) is 0.143. The van der Waals surface area contributed by atoms with Crippen LogP contribution in [0.25, 0.3) is 0 Å². The maximum absolute atomic E-state index is 10.9. The normalized spacial score (nSPS) is 9.18. The summed E-state index contributed by atoms with van der Waals surface area (Å²) < 4.78 is 8.81. The van der Waals surface area contributed by atoms with Gasteiger partial charge in [0.1, 0.15) is 6.26 Å². The number of rotatable bonds is 2. The Hall–Kier alpha value is -1.58. The smallest absolute Gasteiger partial charge is 0.379 e. The molecular formula is C7H6O4. The molecule has 4 nitrogen and oxygen atoms in total. The number of ether oxygens (including phenoxy) is 1. The molecule has 0 bridgehead atoms. The molecule has 0 radical (unpaired) electrons. The van der Waals surface area contributed by atoms with Gasteiger partial charge in [0.05, 0.1) is 18.9 Å². The summed E-state index contributed by atoms with van der Waals surface area (Å²) in [5.74, 6) is -1.58. The molecule has 1 aromatic heterocycles. The van der Waals surface area contributed by atoms with Crippen LogP contribution in [0.2, 0.25) is 0 Å². The van der Waals surface area contributed by atoms with E-state index in [4.69, 9.17) is 0 Å². The van der Waals surface area contributed by atoms with Crippen LogP contribution in [0.5, 0.6) is 0 Å². The monoisotopic (exact) mass is 154 g/mol. The lowest BCUT2D eigenvalue weighted by Crippen LogP contribution is -2.14. The highest BCUT2D eigenvalue weighted by Gasteiger charge is 2.16. The van der Waals surface area contributed by atoms with E-state index in [-0.39, 0.29) is 5.56 Å². The third kappa shape index (κ3) is 1.46. The number of esters is 1. The lowest BCUT2D eigenvalue weighted by molar-refractivity contribution is -0.135. The van der Waals surface area contributed by atoms with Gasteiger partial charge < -0.3 is 9.15 Å². The average Bonchev–Trinajstić information content (AvgIpc) is 2.53. The van der Waals surface area contributed by atoms with Crippen molar-refractivity contribution in [2.45, 2.75) is 0 Å². The van der Waals surface area contributed by atoms with Gasteiger partial charge in [-0.3, -0.25) is 4.79 Å². The molecule has 0 unspecified atom stereocenters. The highest BCUT2D eigenvalue weighted by Crippen LogP contribution is 2.01. The Kier molecular flexibility index (Phi) is 2.06. The van der Waals surface area contributed by atoms with E-state index in [2.05, 4.69) is 9.15 Å². The van der Waals surface area contributed by atoms with Crippen molar-refractivity contribution in [1.29, 1.82) is 0 Å². The summed E-state index contributed by atoms with van der Waals surface area (Å²) in [5, 5.41) is 0. The third-order valence-electron chi connectivity index (χ3n) is 1.15. The number of Topliss-reactive ketones (excluding diaryl/α,β-unsaturated/α-hetero) is 1. The zero-order valence-corrected chi connectivity index (χ0v) is 5.87. The van der Waals surface area contributed by atoms with Crippen LogP contribution in [-0.4, -0.2) is 18.9 Å². The van der Waals surface area contributed by atoms with Crippen LogP contribution in [0.3, 0.4) is 0 Å². The molecule has 0 aliphatic carbocycles. The molecule has 0 saturated heterocycles. The van der Waals surface area contributed by atoms with Crippen molar-refractivity contribution in [3.05, 3.63) is 24.2 Å². The van der Waals surface area contributed by atoms with Crippen LogP contribution in [-0.2, 0) is 9.53 Å². The second-order valence-electron chi connectivity index (χ2n) is 1.83. The highest BCUT2D eigenvalue weighted by atomic mass is 16.5. The molecule has 1 heterocycles. The molecule has 0 spiro atoms. The zero-order chi connectivity index (χ0) is 8.27. The molecule has 4 heteroatoms. The van der Waals surface area contributed by atoms with Crippen LogP contribution in [0.15, 0.2) is 23.0 Å². The number of ketones is 1. The minimum atomic E-state index is -0.883. The van der Waals surface area contributed by atoms with Crippen molar-refractivity contribution in [3.63, 3.8) is 0 Å². The van der Waals surface area contributed by atoms with Gasteiger partial charge in [-0.1, -0.05) is 0 Å². The Morgan fingerprint density at radius 3 is 2.73 bits per heavy atom. The van der Waals surface area contributed by atoms with E-state index in [1.165, 1.54) is 18.6 Å². The van der Waals surface area contributed by atoms with Crippen LogP contribution >= 0.6 is 0 Å². The Morgan fingerprint density at radius 2 is 2.27 bits per heavy atom. The quantitative estimate of drug-likeness (QED) is 0.356. The fourth-order valence-corrected chi connectivity index (χ4v) is 0.604. The molecule has 1 aromatic rings. The first kappa shape index (κ1) is 7.53. The standard InChI is InChI=1S/C7H6O4/c1-10-7(9)6(8)5-2-3-11-4-5/h2-4H,1H3. The average molecular weight is 154 g/mol. The summed E-state index contributed by atoms with van der Waals surface area (Å²) in [6.45, 7) is 0. The maximum Gasteiger partial charge on any atom is 0.379 e. The van der Waals surface area contributed by atoms with Crippen molar-refractivity contribution in [3.8, 4) is 0 Å². The van der Waals surface area contributed by atoms with Crippen molar-refractivity contribution in [1.82, 2.24) is 0 Å². The molecule has 11 heavy (non-hydrogen) atoms. The first-order valence-corrected chi connectivity index (χ1v) is 2.90. The maximum atomic E-state index is 10.9. The van der Waals surface area contributed by atoms with Crippen LogP contribution < -0.4 is 0 Å². The summed E-state index contributed by atoms with van der Waals surface area (Å²) in [7, 11) is 1.15. The zero-order valence-electron chi connectivity index (χ0n) is 5.87. The molecule has 0 saturated carbocycles. The summed E-state index contributed by atoms with van der Waals surface area (Å²) in [6, 6.07) is 1.40. The molecule has 0 fully saturated rings. The highest BCUT2D eigenvalue weighted by molar-refractivity contribution is 6.40. The van der Waals surface area contributed by atoms with E-state index >= 15 is 0 Å². The largest absolute Gasteiger partial charge is 0.472 e. The lowest BCUT2D eigenvalue weighted by atomic mass is 10.2. The molecule has 1 rings (SSSR count). The van der Waals surface area contributed by atoms with E-state index in [1.807, 2.05) is 0 Å². The van der Waals surface area contributed by atoms with Gasteiger partial charge in [-0.2, -0.15) is 0 Å². The van der Waals surface area contributed by atoms with E-state index in [9.17, 15) is 9.59 Å². The second-order valence-corrected chi connectivity index (χ2v) is 1.83. The van der Waals surface area contributed by atoms with Gasteiger partial charge in [0.25, 0.3) is 5.78 Å². The predicted octanol–water partition coefficient (Wildman–Crippen LogP) is 0.635. The number of carbonyl (C=O) groups excluding carboxylic acids is 2. The predicted molar refractivity (Wildman–Crippen MR) is 35.1 cm³/mol. The molecule has 0 amide bonds. The molecule has 0 aliphatic rings. The molecule has 0 aliphatic heterocycles. The van der Waals surface area contributed by atoms with Crippen LogP contribution in [0.4, 0.5) is 0 Å². The fourth-order valence-electron chi connectivity index (χ4n) is 0.604. The second kappa shape index (κ2) is 3.01. The minimum absolute atomic E-state index is 0.205. The van der Waals surface area contributed by atoms with Gasteiger partial charge in [0, 0.05) is 0 Å². The summed E-state index contributed by atoms with van der Waals surface area (Å²) >= 11 is 0. The first-order valence-electron chi connectivity index (χ1n) is 2.90.